The minimum atomic E-state index is 0.735. The van der Waals surface area contributed by atoms with E-state index in [1.54, 1.807) is 12.4 Å². The van der Waals surface area contributed by atoms with E-state index in [1.807, 2.05) is 6.07 Å². The zero-order valence-electron chi connectivity index (χ0n) is 9.62. The normalized spacial score (nSPS) is 17.4. The highest BCUT2D eigenvalue weighted by atomic mass is 35.5. The Labute approximate surface area is 102 Å². The lowest BCUT2D eigenvalue weighted by Crippen LogP contribution is -2.34. The van der Waals surface area contributed by atoms with Crippen LogP contribution in [0.25, 0.3) is 0 Å². The Bertz CT molecular complexity index is 337. The van der Waals surface area contributed by atoms with Gasteiger partial charge in [-0.05, 0) is 37.9 Å². The highest BCUT2D eigenvalue weighted by Gasteiger charge is 2.16. The number of halogens is 1. The first kappa shape index (κ1) is 11.7. The van der Waals surface area contributed by atoms with E-state index in [1.165, 1.54) is 12.8 Å². The minimum Gasteiger partial charge on any atom is -0.373 e. The quantitative estimate of drug-likeness (QED) is 0.877. The number of rotatable bonds is 3. The Balaban J connectivity index is 1.96. The van der Waals surface area contributed by atoms with Gasteiger partial charge in [0, 0.05) is 26.0 Å². The van der Waals surface area contributed by atoms with Gasteiger partial charge >= 0.3 is 0 Å². The van der Waals surface area contributed by atoms with Gasteiger partial charge in [-0.2, -0.15) is 0 Å². The standard InChI is InChI=1S/C12H18ClN3/c1-16(9-10-2-5-14-6-3-10)12-4-7-15-8-11(12)13/h4,7-8,10,14H,2-3,5-6,9H2,1H3. The zero-order chi connectivity index (χ0) is 11.4. The fourth-order valence-corrected chi connectivity index (χ4v) is 2.49. The second-order valence-electron chi connectivity index (χ2n) is 4.40. The number of nitrogens with zero attached hydrogens (tertiary/aromatic N) is 2. The summed E-state index contributed by atoms with van der Waals surface area (Å²) in [6.07, 6.45) is 6.01. The van der Waals surface area contributed by atoms with Crippen LogP contribution in [0, 0.1) is 5.92 Å². The molecule has 0 unspecified atom stereocenters. The van der Waals surface area contributed by atoms with Crippen molar-refractivity contribution in [2.75, 3.05) is 31.6 Å². The topological polar surface area (TPSA) is 28.2 Å². The van der Waals surface area contributed by atoms with Crippen molar-refractivity contribution < 1.29 is 0 Å². The zero-order valence-corrected chi connectivity index (χ0v) is 10.4. The van der Waals surface area contributed by atoms with Crippen LogP contribution in [0.1, 0.15) is 12.8 Å². The summed E-state index contributed by atoms with van der Waals surface area (Å²) in [6, 6.07) is 1.98. The number of piperidine rings is 1. The van der Waals surface area contributed by atoms with Crippen molar-refractivity contribution >= 4 is 17.3 Å². The Morgan fingerprint density at radius 1 is 1.50 bits per heavy atom. The number of anilines is 1. The van der Waals surface area contributed by atoms with Crippen LogP contribution in [0.2, 0.25) is 5.02 Å². The summed E-state index contributed by atoms with van der Waals surface area (Å²) in [4.78, 5) is 6.24. The van der Waals surface area contributed by atoms with Gasteiger partial charge in [0.25, 0.3) is 0 Å². The van der Waals surface area contributed by atoms with E-state index in [0.717, 1.165) is 36.3 Å². The molecule has 0 spiro atoms. The molecule has 3 nitrogen and oxygen atoms in total. The minimum absolute atomic E-state index is 0.735. The van der Waals surface area contributed by atoms with E-state index in [0.29, 0.717) is 0 Å². The molecule has 0 atom stereocenters. The molecule has 16 heavy (non-hydrogen) atoms. The highest BCUT2D eigenvalue weighted by molar-refractivity contribution is 6.33. The van der Waals surface area contributed by atoms with Crippen LogP contribution in [-0.2, 0) is 0 Å². The molecule has 0 amide bonds. The fourth-order valence-electron chi connectivity index (χ4n) is 2.23. The van der Waals surface area contributed by atoms with Crippen molar-refractivity contribution in [3.8, 4) is 0 Å². The van der Waals surface area contributed by atoms with Crippen LogP contribution in [0.5, 0.6) is 0 Å². The number of hydrogen-bond donors (Lipinski definition) is 1. The maximum Gasteiger partial charge on any atom is 0.0822 e. The van der Waals surface area contributed by atoms with Gasteiger partial charge < -0.3 is 10.2 Å². The van der Waals surface area contributed by atoms with E-state index in [9.17, 15) is 0 Å². The molecule has 2 heterocycles. The molecule has 0 aromatic carbocycles. The Morgan fingerprint density at radius 3 is 2.94 bits per heavy atom. The third-order valence-corrected chi connectivity index (χ3v) is 3.44. The SMILES string of the molecule is CN(CC1CCNCC1)c1ccncc1Cl. The van der Waals surface area contributed by atoms with Crippen molar-refractivity contribution in [1.82, 2.24) is 10.3 Å². The maximum atomic E-state index is 6.12. The van der Waals surface area contributed by atoms with Crippen LogP contribution < -0.4 is 10.2 Å². The molecule has 1 fully saturated rings. The van der Waals surface area contributed by atoms with Crippen LogP contribution in [0.3, 0.4) is 0 Å². The summed E-state index contributed by atoms with van der Waals surface area (Å²) in [5.41, 5.74) is 1.08. The fraction of sp³-hybridized carbons (Fsp3) is 0.583. The smallest absolute Gasteiger partial charge is 0.0822 e. The van der Waals surface area contributed by atoms with Crippen molar-refractivity contribution in [2.45, 2.75) is 12.8 Å². The summed E-state index contributed by atoms with van der Waals surface area (Å²) in [7, 11) is 2.10. The van der Waals surface area contributed by atoms with Gasteiger partial charge in [-0.15, -0.1) is 0 Å². The van der Waals surface area contributed by atoms with Crippen molar-refractivity contribution in [3.05, 3.63) is 23.5 Å². The molecule has 2 rings (SSSR count). The second kappa shape index (κ2) is 5.51. The summed E-state index contributed by atoms with van der Waals surface area (Å²) in [5, 5.41) is 4.12. The van der Waals surface area contributed by atoms with E-state index in [4.69, 9.17) is 11.6 Å². The summed E-state index contributed by atoms with van der Waals surface area (Å²) >= 11 is 6.12. The Morgan fingerprint density at radius 2 is 2.25 bits per heavy atom. The molecule has 1 aromatic heterocycles. The van der Waals surface area contributed by atoms with Crippen molar-refractivity contribution in [2.24, 2.45) is 5.92 Å². The van der Waals surface area contributed by atoms with E-state index >= 15 is 0 Å². The molecular formula is C12H18ClN3. The van der Waals surface area contributed by atoms with Crippen molar-refractivity contribution in [3.63, 3.8) is 0 Å². The molecular weight excluding hydrogens is 222 g/mol. The van der Waals surface area contributed by atoms with Gasteiger partial charge in [0.15, 0.2) is 0 Å². The molecule has 1 saturated heterocycles. The third kappa shape index (κ3) is 2.86. The molecule has 1 aliphatic heterocycles. The van der Waals surface area contributed by atoms with Gasteiger partial charge in [0.2, 0.25) is 0 Å². The van der Waals surface area contributed by atoms with Crippen LogP contribution in [-0.4, -0.2) is 31.7 Å². The van der Waals surface area contributed by atoms with Crippen molar-refractivity contribution in [1.29, 1.82) is 0 Å². The Hall–Kier alpha value is -0.800. The molecule has 0 bridgehead atoms. The summed E-state index contributed by atoms with van der Waals surface area (Å²) < 4.78 is 0. The van der Waals surface area contributed by atoms with E-state index in [-0.39, 0.29) is 0 Å². The molecule has 1 aliphatic rings. The highest BCUT2D eigenvalue weighted by Crippen LogP contribution is 2.25. The van der Waals surface area contributed by atoms with Gasteiger partial charge in [-0.1, -0.05) is 11.6 Å². The second-order valence-corrected chi connectivity index (χ2v) is 4.81. The first-order chi connectivity index (χ1) is 7.77. The van der Waals surface area contributed by atoms with Gasteiger partial charge in [0.1, 0.15) is 0 Å². The van der Waals surface area contributed by atoms with Crippen LogP contribution >= 0.6 is 11.6 Å². The van der Waals surface area contributed by atoms with Gasteiger partial charge in [-0.3, -0.25) is 4.98 Å². The molecule has 1 aromatic rings. The lowest BCUT2D eigenvalue weighted by Gasteiger charge is -2.29. The predicted molar refractivity (Wildman–Crippen MR) is 68.1 cm³/mol. The van der Waals surface area contributed by atoms with Crippen LogP contribution in [0.15, 0.2) is 18.5 Å². The van der Waals surface area contributed by atoms with E-state index < -0.39 is 0 Å². The number of aromatic nitrogens is 1. The average Bonchev–Trinajstić information content (AvgIpc) is 2.31. The molecule has 0 aliphatic carbocycles. The lowest BCUT2D eigenvalue weighted by atomic mass is 9.97. The molecule has 0 radical (unpaired) electrons. The molecule has 1 N–H and O–H groups in total. The van der Waals surface area contributed by atoms with Crippen LogP contribution in [0.4, 0.5) is 5.69 Å². The number of pyridine rings is 1. The average molecular weight is 240 g/mol. The monoisotopic (exact) mass is 239 g/mol. The summed E-state index contributed by atoms with van der Waals surface area (Å²) in [6.45, 7) is 3.36. The third-order valence-electron chi connectivity index (χ3n) is 3.15. The number of nitrogens with one attached hydrogen (secondary N) is 1. The maximum absolute atomic E-state index is 6.12. The molecule has 4 heteroatoms. The largest absolute Gasteiger partial charge is 0.373 e. The first-order valence-corrected chi connectivity index (χ1v) is 6.16. The molecule has 0 saturated carbocycles. The van der Waals surface area contributed by atoms with Gasteiger partial charge in [-0.25, -0.2) is 0 Å². The van der Waals surface area contributed by atoms with Gasteiger partial charge in [0.05, 0.1) is 10.7 Å². The first-order valence-electron chi connectivity index (χ1n) is 5.78. The van der Waals surface area contributed by atoms with E-state index in [2.05, 4.69) is 22.2 Å². The number of hydrogen-bond acceptors (Lipinski definition) is 3. The lowest BCUT2D eigenvalue weighted by molar-refractivity contribution is 0.378. The predicted octanol–water partition coefficient (Wildman–Crippen LogP) is 2.17. The summed E-state index contributed by atoms with van der Waals surface area (Å²) in [5.74, 6) is 0.774. The molecule has 88 valence electrons. The Kier molecular flexibility index (Phi) is 4.02.